The number of aromatic nitrogens is 3. The van der Waals surface area contributed by atoms with Crippen LogP contribution < -0.4 is 10.1 Å². The minimum absolute atomic E-state index is 0.131. The van der Waals surface area contributed by atoms with Crippen molar-refractivity contribution in [2.75, 3.05) is 6.54 Å². The molecule has 0 bridgehead atoms. The Morgan fingerprint density at radius 2 is 2.24 bits per heavy atom. The largest absolute Gasteiger partial charge is 0.472 e. The molecule has 1 aliphatic heterocycles. The van der Waals surface area contributed by atoms with Crippen LogP contribution in [-0.2, 0) is 0 Å². The third kappa shape index (κ3) is 2.83. The number of hydrogen-bond acceptors (Lipinski definition) is 5. The van der Waals surface area contributed by atoms with Gasteiger partial charge in [-0.25, -0.2) is 9.97 Å². The first kappa shape index (κ1) is 15.6. The van der Waals surface area contributed by atoms with Gasteiger partial charge >= 0.3 is 0 Å². The molecule has 2 aromatic heterocycles. The second kappa shape index (κ2) is 6.19. The van der Waals surface area contributed by atoms with Gasteiger partial charge in [0.15, 0.2) is 5.82 Å². The summed E-state index contributed by atoms with van der Waals surface area (Å²) in [6.07, 6.45) is 4.71. The van der Waals surface area contributed by atoms with Crippen LogP contribution in [0.4, 0.5) is 0 Å². The van der Waals surface area contributed by atoms with Gasteiger partial charge in [-0.1, -0.05) is 12.1 Å². The fraction of sp³-hybridized carbons (Fsp3) is 0.316. The summed E-state index contributed by atoms with van der Waals surface area (Å²) in [5.41, 5.74) is 2.21. The molecule has 1 aromatic carbocycles. The predicted molar refractivity (Wildman–Crippen MR) is 94.8 cm³/mol. The van der Waals surface area contributed by atoms with E-state index in [2.05, 4.69) is 28.3 Å². The van der Waals surface area contributed by atoms with E-state index < -0.39 is 0 Å². The molecular weight excluding hydrogens is 314 g/mol. The number of hydrogen-bond donors (Lipinski definition) is 1. The third-order valence-corrected chi connectivity index (χ3v) is 4.56. The van der Waals surface area contributed by atoms with E-state index in [1.807, 2.05) is 42.0 Å². The molecule has 3 heterocycles. The van der Waals surface area contributed by atoms with Gasteiger partial charge in [0.2, 0.25) is 5.88 Å². The van der Waals surface area contributed by atoms with Crippen molar-refractivity contribution < 1.29 is 4.74 Å². The van der Waals surface area contributed by atoms with Crippen molar-refractivity contribution >= 4 is 10.9 Å². The van der Waals surface area contributed by atoms with E-state index in [1.165, 1.54) is 0 Å². The highest BCUT2D eigenvalue weighted by Crippen LogP contribution is 2.24. The number of ether oxygens (including phenoxy) is 1. The molecule has 1 fully saturated rings. The molecule has 4 rings (SSSR count). The number of nitriles is 1. The molecule has 0 amide bonds. The molecule has 126 valence electrons. The van der Waals surface area contributed by atoms with E-state index in [0.29, 0.717) is 23.3 Å². The van der Waals surface area contributed by atoms with E-state index >= 15 is 0 Å². The normalized spacial score (nSPS) is 19.9. The van der Waals surface area contributed by atoms with Crippen LogP contribution in [0.15, 0.2) is 36.7 Å². The molecule has 0 unspecified atom stereocenters. The van der Waals surface area contributed by atoms with Crippen LogP contribution in [0.25, 0.3) is 16.7 Å². The number of nitrogens with zero attached hydrogens (tertiary/aromatic N) is 4. The van der Waals surface area contributed by atoms with Crippen molar-refractivity contribution in [3.05, 3.63) is 47.9 Å². The smallest absolute Gasteiger partial charge is 0.235 e. The predicted octanol–water partition coefficient (Wildman–Crippen LogP) is 2.73. The number of para-hydroxylation sites is 1. The van der Waals surface area contributed by atoms with Crippen LogP contribution in [0.3, 0.4) is 0 Å². The summed E-state index contributed by atoms with van der Waals surface area (Å²) in [6, 6.07) is 10.4. The molecule has 25 heavy (non-hydrogen) atoms. The van der Waals surface area contributed by atoms with Crippen LogP contribution in [0.5, 0.6) is 5.88 Å². The van der Waals surface area contributed by atoms with Gasteiger partial charge in [-0.2, -0.15) is 5.26 Å². The topological polar surface area (TPSA) is 75.8 Å². The minimum Gasteiger partial charge on any atom is -0.472 e. The molecule has 1 saturated heterocycles. The van der Waals surface area contributed by atoms with Crippen molar-refractivity contribution in [2.24, 2.45) is 0 Å². The minimum atomic E-state index is 0.131. The van der Waals surface area contributed by atoms with Gasteiger partial charge in [-0.15, -0.1) is 0 Å². The zero-order valence-corrected chi connectivity index (χ0v) is 14.2. The van der Waals surface area contributed by atoms with Crippen LogP contribution in [0, 0.1) is 18.3 Å². The number of fused-ring (bicyclic) bond motifs is 1. The molecule has 0 spiro atoms. The van der Waals surface area contributed by atoms with Gasteiger partial charge in [0.1, 0.15) is 17.9 Å². The van der Waals surface area contributed by atoms with Gasteiger partial charge in [0.25, 0.3) is 0 Å². The molecule has 3 aromatic rings. The van der Waals surface area contributed by atoms with Crippen LogP contribution in [0.1, 0.15) is 24.6 Å². The summed E-state index contributed by atoms with van der Waals surface area (Å²) < 4.78 is 7.88. The molecule has 1 aliphatic rings. The monoisotopic (exact) mass is 333 g/mol. The van der Waals surface area contributed by atoms with Crippen molar-refractivity contribution in [1.29, 1.82) is 5.26 Å². The number of benzene rings is 1. The zero-order chi connectivity index (χ0) is 17.4. The molecule has 0 radical (unpaired) electrons. The van der Waals surface area contributed by atoms with Crippen LogP contribution >= 0.6 is 0 Å². The van der Waals surface area contributed by atoms with Gasteiger partial charge in [-0.3, -0.25) is 4.57 Å². The first-order chi connectivity index (χ1) is 12.2. The summed E-state index contributed by atoms with van der Waals surface area (Å²) in [5, 5.41) is 13.8. The molecule has 1 N–H and O–H groups in total. The van der Waals surface area contributed by atoms with Crippen LogP contribution in [-0.4, -0.2) is 33.2 Å². The van der Waals surface area contributed by atoms with E-state index in [1.54, 1.807) is 6.20 Å². The lowest BCUT2D eigenvalue weighted by Gasteiger charge is -2.14. The fourth-order valence-electron chi connectivity index (χ4n) is 3.31. The molecule has 2 atom stereocenters. The average molecular weight is 333 g/mol. The third-order valence-electron chi connectivity index (χ3n) is 4.56. The van der Waals surface area contributed by atoms with Crippen molar-refractivity contribution in [3.8, 4) is 17.8 Å². The Morgan fingerprint density at radius 1 is 1.36 bits per heavy atom. The van der Waals surface area contributed by atoms with E-state index in [9.17, 15) is 5.26 Å². The maximum atomic E-state index is 9.38. The Morgan fingerprint density at radius 3 is 2.96 bits per heavy atom. The van der Waals surface area contributed by atoms with Gasteiger partial charge in [0, 0.05) is 30.6 Å². The lowest BCUT2D eigenvalue weighted by atomic mass is 10.1. The zero-order valence-electron chi connectivity index (χ0n) is 14.2. The summed E-state index contributed by atoms with van der Waals surface area (Å²) in [6.45, 7) is 4.88. The van der Waals surface area contributed by atoms with Gasteiger partial charge < -0.3 is 10.1 Å². The number of nitrogens with one attached hydrogen (secondary N) is 1. The number of rotatable bonds is 3. The summed E-state index contributed by atoms with van der Waals surface area (Å²) in [4.78, 5) is 9.12. The highest BCUT2D eigenvalue weighted by molar-refractivity contribution is 5.86. The summed E-state index contributed by atoms with van der Waals surface area (Å²) >= 11 is 0. The first-order valence-electron chi connectivity index (χ1n) is 8.40. The van der Waals surface area contributed by atoms with E-state index in [-0.39, 0.29) is 6.10 Å². The fourth-order valence-corrected chi connectivity index (χ4v) is 3.31. The SMILES string of the molecule is Cc1nc(-n2ccc3cccc(C#N)c32)cnc1O[C@H]1CN[C@H](C)C1. The maximum Gasteiger partial charge on any atom is 0.235 e. The second-order valence-electron chi connectivity index (χ2n) is 6.44. The van der Waals surface area contributed by atoms with E-state index in [0.717, 1.165) is 29.6 Å². The Kier molecular flexibility index (Phi) is 3.86. The van der Waals surface area contributed by atoms with Crippen molar-refractivity contribution in [3.63, 3.8) is 0 Å². The standard InChI is InChI=1S/C19H19N5O/c1-12-8-16(10-21-12)25-19-13(2)23-17(11-22-19)24-7-6-14-4-3-5-15(9-20)18(14)24/h3-7,11-12,16,21H,8,10H2,1-2H3/t12-,16-/m1/s1. The van der Waals surface area contributed by atoms with Gasteiger partial charge in [0.05, 0.1) is 17.3 Å². The molecule has 6 heteroatoms. The first-order valence-corrected chi connectivity index (χ1v) is 8.40. The highest BCUT2D eigenvalue weighted by Gasteiger charge is 2.23. The maximum absolute atomic E-state index is 9.38. The summed E-state index contributed by atoms with van der Waals surface area (Å²) in [5.74, 6) is 1.25. The van der Waals surface area contributed by atoms with Gasteiger partial charge in [-0.05, 0) is 26.0 Å². The van der Waals surface area contributed by atoms with Crippen molar-refractivity contribution in [2.45, 2.75) is 32.4 Å². The number of aryl methyl sites for hydroxylation is 1. The Hall–Kier alpha value is -2.91. The highest BCUT2D eigenvalue weighted by atomic mass is 16.5. The molecule has 0 saturated carbocycles. The molecule has 0 aliphatic carbocycles. The quantitative estimate of drug-likeness (QED) is 0.797. The van der Waals surface area contributed by atoms with Crippen LogP contribution in [0.2, 0.25) is 0 Å². The second-order valence-corrected chi connectivity index (χ2v) is 6.44. The van der Waals surface area contributed by atoms with Crippen molar-refractivity contribution in [1.82, 2.24) is 19.9 Å². The molecule has 6 nitrogen and oxygen atoms in total. The Balaban J connectivity index is 1.68. The lowest BCUT2D eigenvalue weighted by molar-refractivity contribution is 0.209. The lowest BCUT2D eigenvalue weighted by Crippen LogP contribution is -2.21. The van der Waals surface area contributed by atoms with E-state index in [4.69, 9.17) is 4.74 Å². The Bertz CT molecular complexity index is 972. The Labute approximate surface area is 146 Å². The summed E-state index contributed by atoms with van der Waals surface area (Å²) in [7, 11) is 0. The average Bonchev–Trinajstić information content (AvgIpc) is 3.22. The molecular formula is C19H19N5O.